The smallest absolute Gasteiger partial charge is 0.411 e. The second-order valence-corrected chi connectivity index (χ2v) is 20.2. The summed E-state index contributed by atoms with van der Waals surface area (Å²) < 4.78 is 28.6. The number of methoxy groups -OCH3 is 2. The van der Waals surface area contributed by atoms with Crippen LogP contribution in [0.2, 0.25) is 0 Å². The van der Waals surface area contributed by atoms with E-state index in [1.165, 1.54) is 12.0 Å². The Morgan fingerprint density at radius 1 is 0.879 bits per heavy atom. The molecule has 0 radical (unpaired) electrons. The molecule has 15 heteroatoms. The van der Waals surface area contributed by atoms with Crippen LogP contribution in [0.4, 0.5) is 4.79 Å². The van der Waals surface area contributed by atoms with Gasteiger partial charge in [-0.25, -0.2) is 4.79 Å². The summed E-state index contributed by atoms with van der Waals surface area (Å²) in [7, 11) is 3.03. The van der Waals surface area contributed by atoms with Gasteiger partial charge in [0, 0.05) is 68.9 Å². The third-order valence-electron chi connectivity index (χ3n) is 14.6. The number of esters is 1. The second-order valence-electron chi connectivity index (χ2n) is 20.2. The summed E-state index contributed by atoms with van der Waals surface area (Å²) in [5.41, 5.74) is 0.627. The lowest BCUT2D eigenvalue weighted by atomic mass is 9.66. The zero-order chi connectivity index (χ0) is 47.1. The summed E-state index contributed by atoms with van der Waals surface area (Å²) >= 11 is 0. The first-order chi connectivity index (χ1) is 31.6. The highest BCUT2D eigenvalue weighted by Gasteiger charge is 2.55. The first-order valence-electron chi connectivity index (χ1n) is 24.3. The van der Waals surface area contributed by atoms with Crippen molar-refractivity contribution in [2.75, 3.05) is 79.8 Å². The van der Waals surface area contributed by atoms with Crippen LogP contribution in [0.3, 0.4) is 0 Å². The normalized spacial score (nSPS) is 24.2. The number of hydrogen-bond acceptors (Lipinski definition) is 11. The molecule has 2 aromatic rings. The van der Waals surface area contributed by atoms with Crippen LogP contribution >= 0.6 is 0 Å². The average Bonchev–Trinajstić information content (AvgIpc) is 3.33. The summed E-state index contributed by atoms with van der Waals surface area (Å²) in [6, 6.07) is 12.4. The van der Waals surface area contributed by atoms with Crippen molar-refractivity contribution in [1.82, 2.24) is 24.9 Å². The third kappa shape index (κ3) is 11.8. The molecule has 4 saturated heterocycles. The number of carbonyl (C=O) groups is 5. The van der Waals surface area contributed by atoms with Gasteiger partial charge in [0.15, 0.2) is 0 Å². The van der Waals surface area contributed by atoms with Gasteiger partial charge in [0.25, 0.3) is 5.91 Å². The Morgan fingerprint density at radius 2 is 1.62 bits per heavy atom. The number of piperidine rings is 1. The minimum atomic E-state index is -0.765. The lowest BCUT2D eigenvalue weighted by Crippen LogP contribution is -2.61. The van der Waals surface area contributed by atoms with Crippen molar-refractivity contribution >= 4 is 29.8 Å². The maximum absolute atomic E-state index is 14.4. The molecule has 6 aliphatic rings. The van der Waals surface area contributed by atoms with Crippen LogP contribution in [0.5, 0.6) is 11.5 Å². The molecule has 2 aliphatic carbocycles. The van der Waals surface area contributed by atoms with Crippen LogP contribution in [0.1, 0.15) is 126 Å². The van der Waals surface area contributed by atoms with E-state index in [9.17, 15) is 24.0 Å². The van der Waals surface area contributed by atoms with Crippen LogP contribution in [-0.4, -0.2) is 146 Å². The minimum Gasteiger partial charge on any atom is -0.497 e. The zero-order valence-electron chi connectivity index (χ0n) is 40.2. The molecule has 2 aromatic carbocycles. The number of piperazine rings is 1. The lowest BCUT2D eigenvalue weighted by molar-refractivity contribution is -0.208. The molecule has 66 heavy (non-hydrogen) atoms. The topological polar surface area (TPSA) is 156 Å². The standard InChI is InChI=1S/C51H73N5O10/c1-7-64-42-30-41(62-5)19-18-40(42)32-56(48(61)66-49(2,3)4)33-43(57)55-24-12-17-39(31-55)37-15-11-16-38(29-37)45(58)52-44(36-13-9-8-10-14-36)46(59)54-27-25-53(26-28-54)34-51-22-20-50(21-23-51,35-65-51)47(60)63-6/h11,15-16,18-19,29-30,36,39,44H,7-10,12-14,17,20-28,31-35H2,1-6H3,(H,52,58)/t39?,44-,50?,51?/m1/s1. The van der Waals surface area contributed by atoms with Gasteiger partial charge < -0.3 is 38.8 Å². The second kappa shape index (κ2) is 21.4. The molecule has 4 aliphatic heterocycles. The van der Waals surface area contributed by atoms with Crippen molar-refractivity contribution in [2.45, 2.75) is 128 Å². The van der Waals surface area contributed by atoms with Gasteiger partial charge in [-0.2, -0.15) is 0 Å². The zero-order valence-corrected chi connectivity index (χ0v) is 40.2. The number of hydrogen-bond donors (Lipinski definition) is 1. The molecule has 6 fully saturated rings. The Balaban J connectivity index is 0.977. The number of carbonyl (C=O) groups excluding carboxylic acids is 5. The maximum atomic E-state index is 14.4. The van der Waals surface area contributed by atoms with Gasteiger partial charge in [-0.15, -0.1) is 0 Å². The number of nitrogens with one attached hydrogen (secondary N) is 1. The Hall–Kier alpha value is -4.89. The van der Waals surface area contributed by atoms with E-state index in [1.54, 1.807) is 51.0 Å². The summed E-state index contributed by atoms with van der Waals surface area (Å²) in [6.07, 6.45) is 9.22. The van der Waals surface area contributed by atoms with Crippen LogP contribution < -0.4 is 14.8 Å². The predicted octanol–water partition coefficient (Wildman–Crippen LogP) is 6.56. The summed E-state index contributed by atoms with van der Waals surface area (Å²) in [5.74, 6) is 0.597. The molecular formula is C51H73N5O10. The van der Waals surface area contributed by atoms with Crippen molar-refractivity contribution < 1.29 is 47.7 Å². The highest BCUT2D eigenvalue weighted by atomic mass is 16.6. The number of fused-ring (bicyclic) bond motifs is 3. The van der Waals surface area contributed by atoms with E-state index < -0.39 is 23.2 Å². The predicted molar refractivity (Wildman–Crippen MR) is 248 cm³/mol. The first kappa shape index (κ1) is 49.0. The number of rotatable bonds is 15. The van der Waals surface area contributed by atoms with Crippen LogP contribution in [0.15, 0.2) is 42.5 Å². The molecule has 0 spiro atoms. The van der Waals surface area contributed by atoms with Gasteiger partial charge in [-0.1, -0.05) is 31.4 Å². The molecule has 2 atom stereocenters. The van der Waals surface area contributed by atoms with E-state index in [1.807, 2.05) is 36.1 Å². The fourth-order valence-corrected chi connectivity index (χ4v) is 10.7. The molecule has 1 unspecified atom stereocenters. The molecule has 0 aromatic heterocycles. The lowest BCUT2D eigenvalue weighted by Gasteiger charge is -2.53. The van der Waals surface area contributed by atoms with Gasteiger partial charge in [0.2, 0.25) is 11.8 Å². The summed E-state index contributed by atoms with van der Waals surface area (Å²) in [6.45, 7) is 12.4. The minimum absolute atomic E-state index is 0.0124. The number of likely N-dealkylation sites (tertiary alicyclic amines) is 1. The van der Waals surface area contributed by atoms with E-state index >= 15 is 0 Å². The number of nitrogens with zero attached hydrogens (tertiary/aromatic N) is 4. The molecule has 15 nitrogen and oxygen atoms in total. The quantitative estimate of drug-likeness (QED) is 0.193. The Labute approximate surface area is 391 Å². The Bertz CT molecular complexity index is 2020. The number of benzene rings is 2. The van der Waals surface area contributed by atoms with Crippen molar-refractivity contribution in [1.29, 1.82) is 0 Å². The molecule has 2 saturated carbocycles. The van der Waals surface area contributed by atoms with Crippen LogP contribution in [0, 0.1) is 11.3 Å². The fraction of sp³-hybridized carbons (Fsp3) is 0.667. The van der Waals surface area contributed by atoms with Crippen molar-refractivity contribution in [3.05, 3.63) is 59.2 Å². The Morgan fingerprint density at radius 3 is 2.27 bits per heavy atom. The maximum Gasteiger partial charge on any atom is 0.411 e. The molecule has 362 valence electrons. The van der Waals surface area contributed by atoms with E-state index in [2.05, 4.69) is 10.2 Å². The van der Waals surface area contributed by atoms with Crippen LogP contribution in [-0.2, 0) is 35.1 Å². The molecule has 2 bridgehead atoms. The molecular weight excluding hydrogens is 843 g/mol. The number of ether oxygens (including phenoxy) is 5. The van der Waals surface area contributed by atoms with E-state index in [0.29, 0.717) is 56.5 Å². The molecule has 8 rings (SSSR count). The monoisotopic (exact) mass is 916 g/mol. The summed E-state index contributed by atoms with van der Waals surface area (Å²) in [4.78, 5) is 76.4. The van der Waals surface area contributed by atoms with Crippen molar-refractivity contribution in [3.63, 3.8) is 0 Å². The van der Waals surface area contributed by atoms with Crippen molar-refractivity contribution in [3.8, 4) is 11.5 Å². The van der Waals surface area contributed by atoms with E-state index in [-0.39, 0.29) is 54.2 Å². The largest absolute Gasteiger partial charge is 0.497 e. The van der Waals surface area contributed by atoms with Gasteiger partial charge >= 0.3 is 12.1 Å². The Kier molecular flexibility index (Phi) is 15.9. The van der Waals surface area contributed by atoms with Gasteiger partial charge in [0.05, 0.1) is 45.0 Å². The SMILES string of the molecule is CCOc1cc(OC)ccc1CN(CC(=O)N1CCCC(c2cccc(C(=O)N[C@@H](C(=O)N3CCN(CC45CCC(C(=O)OC)(CC4)CO5)CC3)C3CCCCC3)c2)C1)C(=O)OC(C)(C)C. The molecule has 1 N–H and O–H groups in total. The highest BCUT2D eigenvalue weighted by Crippen LogP contribution is 2.50. The number of amides is 4. The summed E-state index contributed by atoms with van der Waals surface area (Å²) in [5, 5.41) is 3.23. The van der Waals surface area contributed by atoms with E-state index in [4.69, 9.17) is 23.7 Å². The first-order valence-corrected chi connectivity index (χ1v) is 24.3. The van der Waals surface area contributed by atoms with Crippen LogP contribution in [0.25, 0.3) is 0 Å². The molecule has 4 heterocycles. The molecule has 4 amide bonds. The highest BCUT2D eigenvalue weighted by molar-refractivity contribution is 5.98. The van der Waals surface area contributed by atoms with E-state index in [0.717, 1.165) is 101 Å². The van der Waals surface area contributed by atoms with Gasteiger partial charge in [0.1, 0.15) is 29.7 Å². The van der Waals surface area contributed by atoms with Gasteiger partial charge in [-0.3, -0.25) is 29.0 Å². The average molecular weight is 916 g/mol. The van der Waals surface area contributed by atoms with Gasteiger partial charge in [-0.05, 0) is 115 Å². The third-order valence-corrected chi connectivity index (χ3v) is 14.6. The fourth-order valence-electron chi connectivity index (χ4n) is 10.7. The van der Waals surface area contributed by atoms with Crippen molar-refractivity contribution in [2.24, 2.45) is 11.3 Å².